The van der Waals surface area contributed by atoms with Crippen LogP contribution in [-0.2, 0) is 4.79 Å². The molecular weight excluding hydrogens is 462 g/mol. The minimum Gasteiger partial charge on any atom is -0.367 e. The Kier molecular flexibility index (Phi) is 6.25. The smallest absolute Gasteiger partial charge is 0.272 e. The number of aromatic nitrogens is 4. The largest absolute Gasteiger partial charge is 0.367 e. The van der Waals surface area contributed by atoms with Gasteiger partial charge < -0.3 is 15.5 Å². The summed E-state index contributed by atoms with van der Waals surface area (Å²) < 4.78 is 1.80. The Morgan fingerprint density at radius 2 is 1.89 bits per heavy atom. The summed E-state index contributed by atoms with van der Waals surface area (Å²) in [4.78, 5) is 37.9. The van der Waals surface area contributed by atoms with Crippen LogP contribution in [0.3, 0.4) is 0 Å². The number of rotatable bonds is 6. The van der Waals surface area contributed by atoms with Crippen molar-refractivity contribution in [2.24, 2.45) is 11.3 Å². The van der Waals surface area contributed by atoms with Crippen LogP contribution in [0.2, 0.25) is 0 Å². The van der Waals surface area contributed by atoms with E-state index < -0.39 is 0 Å². The molecule has 0 aromatic carbocycles. The second-order valence-corrected chi connectivity index (χ2v) is 11.6. The van der Waals surface area contributed by atoms with E-state index in [1.54, 1.807) is 28.1 Å². The molecule has 9 nitrogen and oxygen atoms in total. The minimum absolute atomic E-state index is 0.0147. The first-order valence-electron chi connectivity index (χ1n) is 12.4. The van der Waals surface area contributed by atoms with Crippen LogP contribution in [0.5, 0.6) is 0 Å². The van der Waals surface area contributed by atoms with Crippen molar-refractivity contribution in [1.82, 2.24) is 29.8 Å². The van der Waals surface area contributed by atoms with Crippen molar-refractivity contribution in [2.45, 2.75) is 65.5 Å². The van der Waals surface area contributed by atoms with E-state index in [0.717, 1.165) is 36.1 Å². The van der Waals surface area contributed by atoms with E-state index in [4.69, 9.17) is 9.97 Å². The highest BCUT2D eigenvalue weighted by atomic mass is 32.1. The Morgan fingerprint density at radius 1 is 1.14 bits per heavy atom. The highest BCUT2D eigenvalue weighted by Gasteiger charge is 2.33. The number of hydrogen-bond donors (Lipinski definition) is 2. The molecular formula is C25H33N7O2S. The molecule has 2 fully saturated rings. The van der Waals surface area contributed by atoms with Gasteiger partial charge in [0.15, 0.2) is 5.82 Å². The molecule has 5 rings (SSSR count). The maximum absolute atomic E-state index is 13.5. The van der Waals surface area contributed by atoms with Crippen molar-refractivity contribution >= 4 is 33.8 Å². The third-order valence-corrected chi connectivity index (χ3v) is 7.95. The monoisotopic (exact) mass is 495 g/mol. The number of thiazole rings is 1. The van der Waals surface area contributed by atoms with Gasteiger partial charge in [0.1, 0.15) is 16.3 Å². The van der Waals surface area contributed by atoms with Crippen molar-refractivity contribution in [1.29, 1.82) is 0 Å². The van der Waals surface area contributed by atoms with Gasteiger partial charge in [-0.1, -0.05) is 20.8 Å². The van der Waals surface area contributed by atoms with Gasteiger partial charge >= 0.3 is 0 Å². The van der Waals surface area contributed by atoms with Crippen LogP contribution in [0, 0.1) is 11.3 Å². The van der Waals surface area contributed by atoms with Crippen molar-refractivity contribution in [3.05, 3.63) is 29.5 Å². The van der Waals surface area contributed by atoms with Crippen LogP contribution in [-0.4, -0.2) is 61.5 Å². The molecule has 1 aliphatic heterocycles. The second-order valence-electron chi connectivity index (χ2n) is 10.8. The van der Waals surface area contributed by atoms with E-state index in [-0.39, 0.29) is 35.2 Å². The second kappa shape index (κ2) is 9.22. The van der Waals surface area contributed by atoms with Gasteiger partial charge in [0.05, 0.1) is 11.8 Å². The first-order valence-corrected chi connectivity index (χ1v) is 13.2. The predicted octanol–water partition coefficient (Wildman–Crippen LogP) is 3.83. The number of carbonyl (C=O) groups excluding carboxylic acids is 2. The fourth-order valence-electron chi connectivity index (χ4n) is 4.12. The summed E-state index contributed by atoms with van der Waals surface area (Å²) in [6, 6.07) is 2.02. The number of nitrogens with zero attached hydrogens (tertiary/aromatic N) is 5. The molecule has 0 radical (unpaired) electrons. The van der Waals surface area contributed by atoms with Gasteiger partial charge in [-0.25, -0.2) is 14.5 Å². The van der Waals surface area contributed by atoms with Gasteiger partial charge in [-0.3, -0.25) is 9.59 Å². The van der Waals surface area contributed by atoms with E-state index >= 15 is 0 Å². The summed E-state index contributed by atoms with van der Waals surface area (Å²) in [5.41, 5.74) is 1.19. The van der Waals surface area contributed by atoms with Gasteiger partial charge in [0.25, 0.3) is 5.91 Å². The van der Waals surface area contributed by atoms with Crippen molar-refractivity contribution in [3.63, 3.8) is 0 Å². The molecule has 186 valence electrons. The normalized spacial score (nSPS) is 18.0. The summed E-state index contributed by atoms with van der Waals surface area (Å²) in [5.74, 6) is 1.38. The Morgan fingerprint density at radius 3 is 2.57 bits per heavy atom. The molecule has 4 heterocycles. The number of anilines is 1. The molecule has 2 N–H and O–H groups in total. The Bertz CT molecular complexity index is 1230. The number of nitrogens with one attached hydrogen (secondary N) is 2. The molecule has 2 aliphatic rings. The topological polar surface area (TPSA) is 105 Å². The third kappa shape index (κ3) is 5.17. The van der Waals surface area contributed by atoms with Gasteiger partial charge in [-0.05, 0) is 38.0 Å². The third-order valence-electron chi connectivity index (χ3n) is 7.06. The molecule has 3 aromatic rings. The van der Waals surface area contributed by atoms with Crippen LogP contribution in [0.25, 0.3) is 16.2 Å². The Balaban J connectivity index is 1.38. The van der Waals surface area contributed by atoms with Gasteiger partial charge in [-0.15, -0.1) is 11.3 Å². The predicted molar refractivity (Wildman–Crippen MR) is 136 cm³/mol. The SMILES string of the molecule is C[C@@H](Nc1cc(C(=O)N2CCC(NC(=O)C3CC3)CC2)nc(-c2cnn3ccsc23)n1)C(C)(C)C. The van der Waals surface area contributed by atoms with Crippen molar-refractivity contribution in [2.75, 3.05) is 18.4 Å². The van der Waals surface area contributed by atoms with Crippen LogP contribution in [0.1, 0.15) is 63.9 Å². The first-order chi connectivity index (χ1) is 16.7. The Hall–Kier alpha value is -3.01. The van der Waals surface area contributed by atoms with E-state index in [9.17, 15) is 9.59 Å². The molecule has 1 atom stereocenters. The Labute approximate surface area is 209 Å². The molecule has 10 heteroatoms. The number of amides is 2. The summed E-state index contributed by atoms with van der Waals surface area (Å²) in [6.07, 6.45) is 7.16. The molecule has 35 heavy (non-hydrogen) atoms. The number of carbonyl (C=O) groups is 2. The fraction of sp³-hybridized carbons (Fsp3) is 0.560. The molecule has 1 saturated carbocycles. The van der Waals surface area contributed by atoms with Crippen LogP contribution in [0.15, 0.2) is 23.8 Å². The number of piperidine rings is 1. The van der Waals surface area contributed by atoms with Gasteiger partial charge in [-0.2, -0.15) is 5.10 Å². The first kappa shape index (κ1) is 23.7. The summed E-state index contributed by atoms with van der Waals surface area (Å²) >= 11 is 1.56. The standard InChI is InChI=1S/C25H33N7O2S/c1-15(25(2,3)4)27-20-13-19(29-21(30-20)18-14-26-32-11-12-35-24(18)32)23(34)31-9-7-17(8-10-31)28-22(33)16-5-6-16/h11-17H,5-10H2,1-4H3,(H,28,33)(H,27,29,30)/t15-/m1/s1. The van der Waals surface area contributed by atoms with Crippen molar-refractivity contribution in [3.8, 4) is 11.4 Å². The molecule has 0 unspecified atom stereocenters. The highest BCUT2D eigenvalue weighted by molar-refractivity contribution is 7.16. The maximum Gasteiger partial charge on any atom is 0.272 e. The summed E-state index contributed by atoms with van der Waals surface area (Å²) in [6.45, 7) is 9.80. The summed E-state index contributed by atoms with van der Waals surface area (Å²) in [5, 5.41) is 13.0. The quantitative estimate of drug-likeness (QED) is 0.539. The zero-order valence-corrected chi connectivity index (χ0v) is 21.6. The molecule has 3 aromatic heterocycles. The lowest BCUT2D eigenvalue weighted by Crippen LogP contribution is -2.47. The number of hydrogen-bond acceptors (Lipinski definition) is 7. The summed E-state index contributed by atoms with van der Waals surface area (Å²) in [7, 11) is 0. The molecule has 1 aliphatic carbocycles. The lowest BCUT2D eigenvalue weighted by molar-refractivity contribution is -0.123. The number of fused-ring (bicyclic) bond motifs is 1. The fourth-order valence-corrected chi connectivity index (χ4v) is 4.92. The molecule has 0 bridgehead atoms. The van der Waals surface area contributed by atoms with Gasteiger partial charge in [0.2, 0.25) is 5.91 Å². The average molecular weight is 496 g/mol. The van der Waals surface area contributed by atoms with E-state index in [1.807, 2.05) is 16.5 Å². The minimum atomic E-state index is -0.110. The molecule has 2 amide bonds. The van der Waals surface area contributed by atoms with Crippen molar-refractivity contribution < 1.29 is 9.59 Å². The van der Waals surface area contributed by atoms with Crippen LogP contribution >= 0.6 is 11.3 Å². The van der Waals surface area contributed by atoms with Crippen LogP contribution < -0.4 is 10.6 Å². The number of likely N-dealkylation sites (tertiary alicyclic amines) is 1. The maximum atomic E-state index is 13.5. The van der Waals surface area contributed by atoms with Gasteiger partial charge in [0, 0.05) is 48.7 Å². The average Bonchev–Trinajstić information content (AvgIpc) is 3.44. The van der Waals surface area contributed by atoms with E-state index in [2.05, 4.69) is 43.4 Å². The highest BCUT2D eigenvalue weighted by Crippen LogP contribution is 2.30. The molecule has 1 saturated heterocycles. The lowest BCUT2D eigenvalue weighted by Gasteiger charge is -2.32. The lowest BCUT2D eigenvalue weighted by atomic mass is 9.88. The van der Waals surface area contributed by atoms with Crippen LogP contribution in [0.4, 0.5) is 5.82 Å². The zero-order chi connectivity index (χ0) is 24.7. The van der Waals surface area contributed by atoms with E-state index in [0.29, 0.717) is 30.4 Å². The zero-order valence-electron chi connectivity index (χ0n) is 20.7. The molecule has 0 spiro atoms. The van der Waals surface area contributed by atoms with E-state index in [1.165, 1.54) is 0 Å².